The molecule has 0 bridgehead atoms. The number of hydrogen-bond acceptors (Lipinski definition) is 3. The van der Waals surface area contributed by atoms with Gasteiger partial charge in [-0.15, -0.1) is 0 Å². The maximum Gasteiger partial charge on any atom is 0.168 e. The molecule has 1 aliphatic heterocycles. The van der Waals surface area contributed by atoms with Crippen LogP contribution in [0.15, 0.2) is 12.3 Å². The van der Waals surface area contributed by atoms with Gasteiger partial charge >= 0.3 is 0 Å². The zero-order valence-electron chi connectivity index (χ0n) is 8.17. The van der Waals surface area contributed by atoms with Crippen LogP contribution in [0, 0.1) is 11.6 Å². The van der Waals surface area contributed by atoms with E-state index < -0.39 is 11.6 Å². The van der Waals surface area contributed by atoms with Crippen molar-refractivity contribution in [2.24, 2.45) is 0 Å². The van der Waals surface area contributed by atoms with E-state index in [9.17, 15) is 8.78 Å². The summed E-state index contributed by atoms with van der Waals surface area (Å²) in [6, 6.07) is 0.987. The molecule has 3 nitrogen and oxygen atoms in total. The summed E-state index contributed by atoms with van der Waals surface area (Å²) in [6.45, 7) is 1.33. The van der Waals surface area contributed by atoms with E-state index in [1.54, 1.807) is 0 Å². The fourth-order valence-electron chi connectivity index (χ4n) is 1.56. The Labute approximate surface area is 86.5 Å². The lowest BCUT2D eigenvalue weighted by atomic mass is 10.1. The molecular formula is C10H12F2N2O. The van der Waals surface area contributed by atoms with Gasteiger partial charge in [0.05, 0.1) is 6.20 Å². The van der Waals surface area contributed by atoms with Crippen molar-refractivity contribution in [1.82, 2.24) is 4.98 Å². The Morgan fingerprint density at radius 2 is 2.07 bits per heavy atom. The molecule has 0 aromatic carbocycles. The number of halogens is 2. The molecule has 0 amide bonds. The molecule has 1 aliphatic rings. The van der Waals surface area contributed by atoms with Crippen LogP contribution in [0.2, 0.25) is 0 Å². The Bertz CT molecular complexity index is 340. The largest absolute Gasteiger partial charge is 0.381 e. The van der Waals surface area contributed by atoms with Crippen molar-refractivity contribution in [2.75, 3.05) is 18.5 Å². The van der Waals surface area contributed by atoms with Crippen LogP contribution in [0.25, 0.3) is 0 Å². The number of aromatic nitrogens is 1. The summed E-state index contributed by atoms with van der Waals surface area (Å²) in [7, 11) is 0. The number of nitrogens with one attached hydrogen (secondary N) is 1. The van der Waals surface area contributed by atoms with Crippen molar-refractivity contribution in [1.29, 1.82) is 0 Å². The molecule has 0 atom stereocenters. The average molecular weight is 214 g/mol. The smallest absolute Gasteiger partial charge is 0.168 e. The molecule has 1 aromatic heterocycles. The summed E-state index contributed by atoms with van der Waals surface area (Å²) >= 11 is 0. The van der Waals surface area contributed by atoms with Crippen molar-refractivity contribution in [3.8, 4) is 0 Å². The first-order chi connectivity index (χ1) is 7.25. The monoisotopic (exact) mass is 214 g/mol. The highest BCUT2D eigenvalue weighted by Crippen LogP contribution is 2.16. The molecule has 0 saturated carbocycles. The second kappa shape index (κ2) is 4.53. The van der Waals surface area contributed by atoms with E-state index in [-0.39, 0.29) is 11.9 Å². The standard InChI is InChI=1S/C10H12F2N2O/c11-7-5-9(12)10(13-6-7)14-8-1-3-15-4-2-8/h5-6,8H,1-4H2,(H,13,14). The first-order valence-electron chi connectivity index (χ1n) is 4.91. The number of ether oxygens (including phenoxy) is 1. The maximum absolute atomic E-state index is 13.2. The van der Waals surface area contributed by atoms with Gasteiger partial charge in [0, 0.05) is 25.3 Å². The van der Waals surface area contributed by atoms with Crippen molar-refractivity contribution in [3.63, 3.8) is 0 Å². The molecule has 1 N–H and O–H groups in total. The SMILES string of the molecule is Fc1cnc(NC2CCOCC2)c(F)c1. The van der Waals surface area contributed by atoms with E-state index in [2.05, 4.69) is 10.3 Å². The van der Waals surface area contributed by atoms with Gasteiger partial charge in [0.25, 0.3) is 0 Å². The molecule has 0 spiro atoms. The zero-order chi connectivity index (χ0) is 10.7. The van der Waals surface area contributed by atoms with E-state index in [4.69, 9.17) is 4.74 Å². The zero-order valence-corrected chi connectivity index (χ0v) is 8.17. The third-order valence-electron chi connectivity index (χ3n) is 2.37. The fourth-order valence-corrected chi connectivity index (χ4v) is 1.56. The lowest BCUT2D eigenvalue weighted by Crippen LogP contribution is -2.28. The number of nitrogens with zero attached hydrogens (tertiary/aromatic N) is 1. The van der Waals surface area contributed by atoms with Gasteiger partial charge < -0.3 is 10.1 Å². The highest BCUT2D eigenvalue weighted by atomic mass is 19.1. The minimum atomic E-state index is -0.662. The molecule has 15 heavy (non-hydrogen) atoms. The molecule has 82 valence electrons. The topological polar surface area (TPSA) is 34.2 Å². The van der Waals surface area contributed by atoms with Gasteiger partial charge in [-0.25, -0.2) is 13.8 Å². The van der Waals surface area contributed by atoms with Crippen LogP contribution in [0.5, 0.6) is 0 Å². The lowest BCUT2D eigenvalue weighted by molar-refractivity contribution is 0.0903. The summed E-state index contributed by atoms with van der Waals surface area (Å²) < 4.78 is 31.0. The van der Waals surface area contributed by atoms with Gasteiger partial charge in [0.1, 0.15) is 5.82 Å². The number of pyridine rings is 1. The summed E-state index contributed by atoms with van der Waals surface area (Å²) in [5, 5.41) is 2.94. The summed E-state index contributed by atoms with van der Waals surface area (Å²) in [6.07, 6.45) is 2.64. The molecular weight excluding hydrogens is 202 g/mol. The predicted molar refractivity (Wildman–Crippen MR) is 51.6 cm³/mol. The number of rotatable bonds is 2. The van der Waals surface area contributed by atoms with E-state index in [0.29, 0.717) is 13.2 Å². The highest BCUT2D eigenvalue weighted by Gasteiger charge is 2.15. The highest BCUT2D eigenvalue weighted by molar-refractivity contribution is 5.36. The van der Waals surface area contributed by atoms with Crippen molar-refractivity contribution < 1.29 is 13.5 Å². The second-order valence-corrected chi connectivity index (χ2v) is 3.51. The van der Waals surface area contributed by atoms with Crippen LogP contribution in [0.4, 0.5) is 14.6 Å². The number of hydrogen-bond donors (Lipinski definition) is 1. The third kappa shape index (κ3) is 2.62. The van der Waals surface area contributed by atoms with Gasteiger partial charge in [0.15, 0.2) is 11.6 Å². The third-order valence-corrected chi connectivity index (χ3v) is 2.37. The Balaban J connectivity index is 2.03. The first-order valence-corrected chi connectivity index (χ1v) is 4.91. The molecule has 1 fully saturated rings. The van der Waals surface area contributed by atoms with E-state index >= 15 is 0 Å². The van der Waals surface area contributed by atoms with Gasteiger partial charge in [-0.2, -0.15) is 0 Å². The Kier molecular flexibility index (Phi) is 3.11. The van der Waals surface area contributed by atoms with Crippen LogP contribution < -0.4 is 5.32 Å². The molecule has 5 heteroatoms. The Morgan fingerprint density at radius 1 is 1.33 bits per heavy atom. The van der Waals surface area contributed by atoms with Crippen molar-refractivity contribution in [3.05, 3.63) is 23.9 Å². The maximum atomic E-state index is 13.2. The van der Waals surface area contributed by atoms with Crippen LogP contribution in [-0.2, 0) is 4.74 Å². The number of anilines is 1. The minimum Gasteiger partial charge on any atom is -0.381 e. The Hall–Kier alpha value is -1.23. The molecule has 0 radical (unpaired) electrons. The predicted octanol–water partition coefficient (Wildman–Crippen LogP) is 1.95. The first kappa shape index (κ1) is 10.3. The molecule has 1 aromatic rings. The summed E-state index contributed by atoms with van der Waals surface area (Å²) in [4.78, 5) is 3.67. The van der Waals surface area contributed by atoms with E-state index in [1.807, 2.05) is 0 Å². The second-order valence-electron chi connectivity index (χ2n) is 3.51. The minimum absolute atomic E-state index is 0.114. The molecule has 2 heterocycles. The van der Waals surface area contributed by atoms with Crippen molar-refractivity contribution >= 4 is 5.82 Å². The van der Waals surface area contributed by atoms with Gasteiger partial charge in [0.2, 0.25) is 0 Å². The summed E-state index contributed by atoms with van der Waals surface area (Å²) in [5.41, 5.74) is 0. The lowest BCUT2D eigenvalue weighted by Gasteiger charge is -2.23. The molecule has 2 rings (SSSR count). The Morgan fingerprint density at radius 3 is 2.73 bits per heavy atom. The van der Waals surface area contributed by atoms with E-state index in [1.165, 1.54) is 0 Å². The fraction of sp³-hybridized carbons (Fsp3) is 0.500. The van der Waals surface area contributed by atoms with Gasteiger partial charge in [-0.1, -0.05) is 0 Å². The van der Waals surface area contributed by atoms with Crippen LogP contribution >= 0.6 is 0 Å². The molecule has 1 saturated heterocycles. The van der Waals surface area contributed by atoms with Gasteiger partial charge in [-0.3, -0.25) is 0 Å². The average Bonchev–Trinajstić information content (AvgIpc) is 2.24. The van der Waals surface area contributed by atoms with Crippen molar-refractivity contribution in [2.45, 2.75) is 18.9 Å². The molecule has 0 unspecified atom stereocenters. The molecule has 0 aliphatic carbocycles. The van der Waals surface area contributed by atoms with Crippen LogP contribution in [0.3, 0.4) is 0 Å². The van der Waals surface area contributed by atoms with Crippen LogP contribution in [0.1, 0.15) is 12.8 Å². The normalized spacial score (nSPS) is 17.7. The van der Waals surface area contributed by atoms with Gasteiger partial charge in [-0.05, 0) is 12.8 Å². The van der Waals surface area contributed by atoms with E-state index in [0.717, 1.165) is 25.1 Å². The summed E-state index contributed by atoms with van der Waals surface area (Å²) in [5.74, 6) is -1.20. The van der Waals surface area contributed by atoms with Crippen LogP contribution in [-0.4, -0.2) is 24.2 Å². The quantitative estimate of drug-likeness (QED) is 0.817.